The fraction of sp³-hybridized carbons (Fsp3) is 0.429. The molecule has 0 saturated carbocycles. The molecule has 1 aromatic heterocycles. The molecule has 0 aliphatic carbocycles. The average molecular weight is 286 g/mol. The van der Waals surface area contributed by atoms with Gasteiger partial charge in [-0.3, -0.25) is 0 Å². The Morgan fingerprint density at radius 3 is 2.61 bits per heavy atom. The van der Waals surface area contributed by atoms with Gasteiger partial charge in [-0.15, -0.1) is 0 Å². The lowest BCUT2D eigenvalue weighted by Gasteiger charge is -2.06. The number of aryl methyl sites for hydroxylation is 1. The molecule has 0 amide bonds. The highest BCUT2D eigenvalue weighted by Crippen LogP contribution is 2.36. The molecule has 18 heavy (non-hydrogen) atoms. The van der Waals surface area contributed by atoms with Gasteiger partial charge in [-0.1, -0.05) is 43.1 Å². The smallest absolute Gasteiger partial charge is 0.0835 e. The molecule has 1 aromatic carbocycles. The van der Waals surface area contributed by atoms with Crippen molar-refractivity contribution in [3.05, 3.63) is 33.9 Å². The van der Waals surface area contributed by atoms with Crippen molar-refractivity contribution in [2.75, 3.05) is 6.61 Å². The summed E-state index contributed by atoms with van der Waals surface area (Å²) in [4.78, 5) is 0. The van der Waals surface area contributed by atoms with Crippen LogP contribution < -0.4 is 0 Å². The third kappa shape index (κ3) is 2.37. The van der Waals surface area contributed by atoms with Gasteiger partial charge in [-0.2, -0.15) is 0 Å². The minimum atomic E-state index is 0.175. The fourth-order valence-electron chi connectivity index (χ4n) is 2.23. The van der Waals surface area contributed by atoms with Crippen LogP contribution in [-0.2, 0) is 6.54 Å². The van der Waals surface area contributed by atoms with Gasteiger partial charge in [0.25, 0.3) is 0 Å². The number of halogens is 2. The number of hydrogen-bond donors (Lipinski definition) is 1. The Hall–Kier alpha value is -0.700. The van der Waals surface area contributed by atoms with E-state index in [0.29, 0.717) is 22.4 Å². The number of fused-ring (bicyclic) bond motifs is 1. The highest BCUT2D eigenvalue weighted by atomic mass is 35.5. The SMILES string of the molecule is CC(C)c1cn(CCCO)c2c(Cl)c(Cl)ccc12. The number of aromatic nitrogens is 1. The lowest BCUT2D eigenvalue weighted by atomic mass is 10.0. The number of hydrogen-bond acceptors (Lipinski definition) is 1. The predicted octanol–water partition coefficient (Wildman–Crippen LogP) is 4.45. The second kappa shape index (κ2) is 5.52. The van der Waals surface area contributed by atoms with Crippen LogP contribution in [0.4, 0.5) is 0 Å². The van der Waals surface area contributed by atoms with Crippen LogP contribution in [0.3, 0.4) is 0 Å². The first-order valence-corrected chi connectivity index (χ1v) is 6.89. The number of benzene rings is 1. The fourth-order valence-corrected chi connectivity index (χ4v) is 2.66. The van der Waals surface area contributed by atoms with Crippen molar-refractivity contribution >= 4 is 34.1 Å². The van der Waals surface area contributed by atoms with Gasteiger partial charge in [-0.25, -0.2) is 0 Å². The number of aliphatic hydroxyl groups excluding tert-OH is 1. The van der Waals surface area contributed by atoms with Crippen molar-refractivity contribution < 1.29 is 5.11 Å². The van der Waals surface area contributed by atoms with Gasteiger partial charge in [0.2, 0.25) is 0 Å². The summed E-state index contributed by atoms with van der Waals surface area (Å²) in [5.41, 5.74) is 2.24. The first kappa shape index (κ1) is 13.7. The molecular formula is C14H17Cl2NO. The van der Waals surface area contributed by atoms with Crippen molar-refractivity contribution in [1.82, 2.24) is 4.57 Å². The van der Waals surface area contributed by atoms with Gasteiger partial charge in [0.05, 0.1) is 15.6 Å². The first-order valence-electron chi connectivity index (χ1n) is 6.13. The Bertz CT molecular complexity index is 560. The summed E-state index contributed by atoms with van der Waals surface area (Å²) in [6.45, 7) is 5.25. The van der Waals surface area contributed by atoms with Crippen molar-refractivity contribution in [2.24, 2.45) is 0 Å². The lowest BCUT2D eigenvalue weighted by molar-refractivity contribution is 0.280. The summed E-state index contributed by atoms with van der Waals surface area (Å²) < 4.78 is 2.09. The van der Waals surface area contributed by atoms with E-state index in [-0.39, 0.29) is 6.61 Å². The predicted molar refractivity (Wildman–Crippen MR) is 77.7 cm³/mol. The van der Waals surface area contributed by atoms with Crippen molar-refractivity contribution in [1.29, 1.82) is 0 Å². The van der Waals surface area contributed by atoms with Crippen molar-refractivity contribution in [3.63, 3.8) is 0 Å². The molecule has 4 heteroatoms. The van der Waals surface area contributed by atoms with Gasteiger partial charge >= 0.3 is 0 Å². The highest BCUT2D eigenvalue weighted by Gasteiger charge is 2.15. The summed E-state index contributed by atoms with van der Waals surface area (Å²) in [6.07, 6.45) is 2.83. The van der Waals surface area contributed by atoms with Crippen LogP contribution in [0.2, 0.25) is 10.0 Å². The summed E-state index contributed by atoms with van der Waals surface area (Å²) in [6, 6.07) is 3.86. The zero-order valence-corrected chi connectivity index (χ0v) is 12.1. The van der Waals surface area contributed by atoms with E-state index >= 15 is 0 Å². The molecule has 0 spiro atoms. The van der Waals surface area contributed by atoms with Gasteiger partial charge in [0.1, 0.15) is 0 Å². The van der Waals surface area contributed by atoms with Gasteiger partial charge in [0, 0.05) is 24.7 Å². The van der Waals surface area contributed by atoms with Crippen LogP contribution in [-0.4, -0.2) is 16.3 Å². The molecule has 98 valence electrons. The maximum atomic E-state index is 8.97. The first-order chi connectivity index (χ1) is 8.56. The molecule has 0 unspecified atom stereocenters. The zero-order chi connectivity index (χ0) is 13.3. The maximum absolute atomic E-state index is 8.97. The van der Waals surface area contributed by atoms with E-state index in [2.05, 4.69) is 24.6 Å². The molecule has 2 rings (SSSR count). The molecule has 1 N–H and O–H groups in total. The third-order valence-corrected chi connectivity index (χ3v) is 3.94. The Morgan fingerprint density at radius 1 is 1.28 bits per heavy atom. The number of nitrogens with zero attached hydrogens (tertiary/aromatic N) is 1. The van der Waals surface area contributed by atoms with Crippen LogP contribution in [0.25, 0.3) is 10.9 Å². The van der Waals surface area contributed by atoms with Gasteiger partial charge < -0.3 is 9.67 Å². The molecule has 0 bridgehead atoms. The monoisotopic (exact) mass is 285 g/mol. The van der Waals surface area contributed by atoms with E-state index in [1.54, 1.807) is 0 Å². The van der Waals surface area contributed by atoms with Crippen LogP contribution in [0, 0.1) is 0 Å². The van der Waals surface area contributed by atoms with Gasteiger partial charge in [0.15, 0.2) is 0 Å². The van der Waals surface area contributed by atoms with Crippen LogP contribution in [0.15, 0.2) is 18.3 Å². The number of rotatable bonds is 4. The second-order valence-corrected chi connectivity index (χ2v) is 5.55. The maximum Gasteiger partial charge on any atom is 0.0835 e. The summed E-state index contributed by atoms with van der Waals surface area (Å²) >= 11 is 12.4. The zero-order valence-electron chi connectivity index (χ0n) is 10.6. The Balaban J connectivity index is 2.65. The molecule has 0 aliphatic heterocycles. The third-order valence-electron chi connectivity index (χ3n) is 3.14. The van der Waals surface area contributed by atoms with Crippen LogP contribution >= 0.6 is 23.2 Å². The molecule has 1 heterocycles. The molecule has 2 nitrogen and oxygen atoms in total. The molecule has 0 radical (unpaired) electrons. The lowest BCUT2D eigenvalue weighted by Crippen LogP contribution is -1.98. The van der Waals surface area contributed by atoms with E-state index in [1.807, 2.05) is 12.1 Å². The summed E-state index contributed by atoms with van der Waals surface area (Å²) in [7, 11) is 0. The van der Waals surface area contributed by atoms with E-state index in [1.165, 1.54) is 5.56 Å². The summed E-state index contributed by atoms with van der Waals surface area (Å²) in [5, 5.41) is 11.3. The highest BCUT2D eigenvalue weighted by molar-refractivity contribution is 6.45. The molecule has 0 fully saturated rings. The van der Waals surface area contributed by atoms with E-state index in [9.17, 15) is 0 Å². The standard InChI is InChI=1S/C14H17Cl2NO/c1-9(2)11-8-17(6-3-7-18)14-10(11)4-5-12(15)13(14)16/h4-5,8-9,18H,3,6-7H2,1-2H3. The molecule has 0 saturated heterocycles. The van der Waals surface area contributed by atoms with Crippen LogP contribution in [0.5, 0.6) is 0 Å². The molecular weight excluding hydrogens is 269 g/mol. The number of aliphatic hydroxyl groups is 1. The second-order valence-electron chi connectivity index (χ2n) is 4.77. The topological polar surface area (TPSA) is 25.2 Å². The Kier molecular flexibility index (Phi) is 4.21. The molecule has 2 aromatic rings. The normalized spacial score (nSPS) is 11.7. The average Bonchev–Trinajstić information content (AvgIpc) is 2.71. The van der Waals surface area contributed by atoms with Gasteiger partial charge in [-0.05, 0) is 24.0 Å². The quantitative estimate of drug-likeness (QED) is 0.882. The Labute approximate surface area is 117 Å². The minimum absolute atomic E-state index is 0.175. The molecule has 0 atom stereocenters. The van der Waals surface area contributed by atoms with E-state index in [0.717, 1.165) is 17.4 Å². The largest absolute Gasteiger partial charge is 0.396 e. The van der Waals surface area contributed by atoms with Crippen molar-refractivity contribution in [3.8, 4) is 0 Å². The van der Waals surface area contributed by atoms with Crippen LogP contribution in [0.1, 0.15) is 31.7 Å². The molecule has 0 aliphatic rings. The van der Waals surface area contributed by atoms with E-state index < -0.39 is 0 Å². The Morgan fingerprint density at radius 2 is 2.00 bits per heavy atom. The summed E-state index contributed by atoms with van der Waals surface area (Å²) in [5.74, 6) is 0.431. The van der Waals surface area contributed by atoms with E-state index in [4.69, 9.17) is 28.3 Å². The minimum Gasteiger partial charge on any atom is -0.396 e. The van der Waals surface area contributed by atoms with Crippen molar-refractivity contribution in [2.45, 2.75) is 32.7 Å².